The van der Waals surface area contributed by atoms with E-state index in [1.165, 1.54) is 0 Å². The number of nitrogens with one attached hydrogen (secondary N) is 1. The van der Waals surface area contributed by atoms with Crippen molar-refractivity contribution in [3.05, 3.63) is 52.0 Å². The van der Waals surface area contributed by atoms with Gasteiger partial charge in [0, 0.05) is 41.9 Å². The Morgan fingerprint density at radius 3 is 2.50 bits per heavy atom. The fraction of sp³-hybridized carbons (Fsp3) is 0.400. The molecule has 0 amide bonds. The maximum atomic E-state index is 6.11. The predicted molar refractivity (Wildman–Crippen MR) is 84.4 cm³/mol. The van der Waals surface area contributed by atoms with E-state index in [1.807, 2.05) is 36.1 Å². The van der Waals surface area contributed by atoms with Crippen LogP contribution < -0.4 is 5.32 Å². The third-order valence-electron chi connectivity index (χ3n) is 3.24. The summed E-state index contributed by atoms with van der Waals surface area (Å²) in [6.07, 6.45) is 5.65. The minimum Gasteiger partial charge on any atom is -0.338 e. The van der Waals surface area contributed by atoms with Gasteiger partial charge in [-0.1, -0.05) is 30.1 Å². The van der Waals surface area contributed by atoms with Gasteiger partial charge in [-0.25, -0.2) is 4.98 Å². The van der Waals surface area contributed by atoms with Crippen LogP contribution in [0.2, 0.25) is 10.0 Å². The molecule has 2 rings (SSSR count). The lowest BCUT2D eigenvalue weighted by atomic mass is 10.0. The van der Waals surface area contributed by atoms with Crippen LogP contribution in [0, 0.1) is 0 Å². The summed E-state index contributed by atoms with van der Waals surface area (Å²) in [5, 5.41) is 4.86. The normalized spacial score (nSPS) is 12.6. The third kappa shape index (κ3) is 3.98. The Bertz CT molecular complexity index is 546. The molecule has 0 saturated heterocycles. The first-order valence-electron chi connectivity index (χ1n) is 6.75. The Labute approximate surface area is 129 Å². The number of hydrogen-bond acceptors (Lipinski definition) is 2. The van der Waals surface area contributed by atoms with Crippen molar-refractivity contribution in [2.24, 2.45) is 7.05 Å². The Morgan fingerprint density at radius 1 is 1.25 bits per heavy atom. The van der Waals surface area contributed by atoms with Gasteiger partial charge in [-0.15, -0.1) is 0 Å². The molecule has 0 aliphatic heterocycles. The van der Waals surface area contributed by atoms with Crippen molar-refractivity contribution >= 4 is 23.2 Å². The summed E-state index contributed by atoms with van der Waals surface area (Å²) in [6.45, 7) is 3.09. The largest absolute Gasteiger partial charge is 0.338 e. The zero-order valence-corrected chi connectivity index (χ0v) is 13.2. The lowest BCUT2D eigenvalue weighted by Crippen LogP contribution is -2.25. The molecule has 1 N–H and O–H groups in total. The molecule has 20 heavy (non-hydrogen) atoms. The average Bonchev–Trinajstić information content (AvgIpc) is 2.78. The molecule has 0 radical (unpaired) electrons. The Morgan fingerprint density at radius 2 is 1.95 bits per heavy atom. The highest BCUT2D eigenvalue weighted by molar-refractivity contribution is 6.34. The summed E-state index contributed by atoms with van der Waals surface area (Å²) in [7, 11) is 2.00. The smallest absolute Gasteiger partial charge is 0.110 e. The molecule has 108 valence electrons. The number of nitrogens with zero attached hydrogens (tertiary/aromatic N) is 2. The summed E-state index contributed by atoms with van der Waals surface area (Å²) in [5.41, 5.74) is 1.10. The van der Waals surface area contributed by atoms with Crippen molar-refractivity contribution in [2.75, 3.05) is 6.54 Å². The van der Waals surface area contributed by atoms with Gasteiger partial charge in [0.15, 0.2) is 0 Å². The highest BCUT2D eigenvalue weighted by atomic mass is 35.5. The number of aromatic nitrogens is 2. The monoisotopic (exact) mass is 311 g/mol. The van der Waals surface area contributed by atoms with Gasteiger partial charge >= 0.3 is 0 Å². The lowest BCUT2D eigenvalue weighted by Gasteiger charge is -2.19. The second kappa shape index (κ2) is 7.11. The number of halogens is 2. The van der Waals surface area contributed by atoms with E-state index < -0.39 is 0 Å². The molecule has 1 atom stereocenters. The Hall–Kier alpha value is -1.03. The number of hydrogen-bond donors (Lipinski definition) is 1. The molecule has 2 aromatic rings. The molecule has 1 heterocycles. The maximum absolute atomic E-state index is 6.11. The molecular weight excluding hydrogens is 293 g/mol. The Balaban J connectivity index is 2.24. The molecule has 1 aromatic carbocycles. The van der Waals surface area contributed by atoms with E-state index in [4.69, 9.17) is 23.2 Å². The van der Waals surface area contributed by atoms with Crippen LogP contribution in [0.5, 0.6) is 0 Å². The van der Waals surface area contributed by atoms with E-state index >= 15 is 0 Å². The van der Waals surface area contributed by atoms with Crippen molar-refractivity contribution < 1.29 is 0 Å². The van der Waals surface area contributed by atoms with Gasteiger partial charge in [0.05, 0.1) is 0 Å². The van der Waals surface area contributed by atoms with Gasteiger partial charge in [-0.2, -0.15) is 0 Å². The van der Waals surface area contributed by atoms with Gasteiger partial charge in [-0.05, 0) is 36.7 Å². The first kappa shape index (κ1) is 15.4. The predicted octanol–water partition coefficient (Wildman–Crippen LogP) is 4.01. The molecule has 0 aliphatic carbocycles. The number of rotatable bonds is 6. The van der Waals surface area contributed by atoms with E-state index in [0.717, 1.165) is 30.8 Å². The minimum atomic E-state index is 0.159. The average molecular weight is 312 g/mol. The van der Waals surface area contributed by atoms with Gasteiger partial charge in [-0.3, -0.25) is 0 Å². The van der Waals surface area contributed by atoms with Gasteiger partial charge < -0.3 is 9.88 Å². The number of aryl methyl sites for hydroxylation is 1. The van der Waals surface area contributed by atoms with Crippen molar-refractivity contribution in [3.8, 4) is 0 Å². The standard InChI is InChI=1S/C15H19Cl2N3/c1-3-4-18-14(10-15-19-5-6-20(15)2)11-7-12(16)9-13(17)8-11/h5-9,14,18H,3-4,10H2,1-2H3. The molecule has 5 heteroatoms. The van der Waals surface area contributed by atoms with Crippen LogP contribution in [0.25, 0.3) is 0 Å². The van der Waals surface area contributed by atoms with Gasteiger partial charge in [0.25, 0.3) is 0 Å². The molecule has 1 unspecified atom stereocenters. The summed E-state index contributed by atoms with van der Waals surface area (Å²) < 4.78 is 2.03. The molecule has 0 spiro atoms. The van der Waals surface area contributed by atoms with Crippen molar-refractivity contribution in [1.29, 1.82) is 0 Å². The van der Waals surface area contributed by atoms with E-state index in [-0.39, 0.29) is 6.04 Å². The molecule has 0 bridgehead atoms. The summed E-state index contributed by atoms with van der Waals surface area (Å²) >= 11 is 12.2. The van der Waals surface area contributed by atoms with Gasteiger partial charge in [0.2, 0.25) is 0 Å². The molecule has 1 aromatic heterocycles. The topological polar surface area (TPSA) is 29.9 Å². The molecule has 3 nitrogen and oxygen atoms in total. The summed E-state index contributed by atoms with van der Waals surface area (Å²) in [6, 6.07) is 5.84. The number of benzene rings is 1. The van der Waals surface area contributed by atoms with Gasteiger partial charge in [0.1, 0.15) is 5.82 Å². The van der Waals surface area contributed by atoms with E-state index in [2.05, 4.69) is 17.2 Å². The van der Waals surface area contributed by atoms with Crippen LogP contribution in [0.3, 0.4) is 0 Å². The fourth-order valence-electron chi connectivity index (χ4n) is 2.18. The van der Waals surface area contributed by atoms with E-state index in [1.54, 1.807) is 6.07 Å². The first-order chi connectivity index (χ1) is 9.60. The zero-order valence-electron chi connectivity index (χ0n) is 11.7. The summed E-state index contributed by atoms with van der Waals surface area (Å²) in [5.74, 6) is 1.04. The summed E-state index contributed by atoms with van der Waals surface area (Å²) in [4.78, 5) is 4.39. The highest BCUT2D eigenvalue weighted by Gasteiger charge is 2.15. The maximum Gasteiger partial charge on any atom is 0.110 e. The van der Waals surface area contributed by atoms with Crippen molar-refractivity contribution in [2.45, 2.75) is 25.8 Å². The second-order valence-electron chi connectivity index (χ2n) is 4.87. The van der Waals surface area contributed by atoms with Crippen LogP contribution in [0.1, 0.15) is 30.8 Å². The highest BCUT2D eigenvalue weighted by Crippen LogP contribution is 2.25. The second-order valence-corrected chi connectivity index (χ2v) is 5.74. The van der Waals surface area contributed by atoms with Crippen LogP contribution in [-0.4, -0.2) is 16.1 Å². The van der Waals surface area contributed by atoms with E-state index in [9.17, 15) is 0 Å². The van der Waals surface area contributed by atoms with Crippen LogP contribution in [-0.2, 0) is 13.5 Å². The van der Waals surface area contributed by atoms with Crippen molar-refractivity contribution in [1.82, 2.24) is 14.9 Å². The van der Waals surface area contributed by atoms with Crippen LogP contribution >= 0.6 is 23.2 Å². The van der Waals surface area contributed by atoms with Crippen molar-refractivity contribution in [3.63, 3.8) is 0 Å². The Kier molecular flexibility index (Phi) is 5.46. The number of imidazole rings is 1. The first-order valence-corrected chi connectivity index (χ1v) is 7.51. The van der Waals surface area contributed by atoms with E-state index in [0.29, 0.717) is 10.0 Å². The minimum absolute atomic E-state index is 0.159. The lowest BCUT2D eigenvalue weighted by molar-refractivity contribution is 0.512. The fourth-order valence-corrected chi connectivity index (χ4v) is 2.72. The molecule has 0 aliphatic rings. The molecule has 0 saturated carbocycles. The third-order valence-corrected chi connectivity index (χ3v) is 3.67. The molecule has 0 fully saturated rings. The van der Waals surface area contributed by atoms with Crippen LogP contribution in [0.15, 0.2) is 30.6 Å². The SMILES string of the molecule is CCCNC(Cc1nccn1C)c1cc(Cl)cc(Cl)c1. The van der Waals surface area contributed by atoms with Crippen LogP contribution in [0.4, 0.5) is 0 Å². The quantitative estimate of drug-likeness (QED) is 0.873. The molecular formula is C15H19Cl2N3. The zero-order chi connectivity index (χ0) is 14.5.